The van der Waals surface area contributed by atoms with E-state index in [1.54, 1.807) is 6.20 Å². The van der Waals surface area contributed by atoms with E-state index in [-0.39, 0.29) is 0 Å². The van der Waals surface area contributed by atoms with Crippen LogP contribution in [0, 0.1) is 18.3 Å². The van der Waals surface area contributed by atoms with Crippen LogP contribution in [0.15, 0.2) is 36.7 Å². The average molecular weight is 197 g/mol. The second-order valence-corrected chi connectivity index (χ2v) is 3.41. The van der Waals surface area contributed by atoms with Gasteiger partial charge in [0.15, 0.2) is 0 Å². The van der Waals surface area contributed by atoms with Gasteiger partial charge >= 0.3 is 0 Å². The maximum atomic E-state index is 8.67. The van der Waals surface area contributed by atoms with Crippen LogP contribution in [0.1, 0.15) is 5.56 Å². The normalized spacial score (nSPS) is 9.87. The van der Waals surface area contributed by atoms with E-state index in [0.29, 0.717) is 6.54 Å². The number of benzene rings is 1. The third-order valence-electron chi connectivity index (χ3n) is 2.23. The maximum Gasteiger partial charge on any atom is 0.140 e. The van der Waals surface area contributed by atoms with Gasteiger partial charge in [0.2, 0.25) is 0 Å². The molecule has 0 aliphatic heterocycles. The van der Waals surface area contributed by atoms with Gasteiger partial charge in [-0.15, -0.1) is 0 Å². The predicted octanol–water partition coefficient (Wildman–Crippen LogP) is 2.38. The largest absolute Gasteiger partial charge is 0.317 e. The van der Waals surface area contributed by atoms with Crippen molar-refractivity contribution < 1.29 is 0 Å². The standard InChI is InChI=1S/C12H11N3/c1-10-3-2-4-11(9-10)12-14-6-8-15(12)7-5-13/h2-4,6,8-9H,7H2,1H3. The molecule has 0 spiro atoms. The lowest BCUT2D eigenvalue weighted by Gasteiger charge is -2.03. The molecule has 74 valence electrons. The summed E-state index contributed by atoms with van der Waals surface area (Å²) in [5.41, 5.74) is 2.24. The molecule has 3 heteroatoms. The van der Waals surface area contributed by atoms with Crippen LogP contribution in [0.5, 0.6) is 0 Å². The highest BCUT2D eigenvalue weighted by Crippen LogP contribution is 2.18. The van der Waals surface area contributed by atoms with Crippen LogP contribution < -0.4 is 0 Å². The molecule has 1 aromatic heterocycles. The van der Waals surface area contributed by atoms with Crippen molar-refractivity contribution in [2.24, 2.45) is 0 Å². The fourth-order valence-electron chi connectivity index (χ4n) is 1.56. The van der Waals surface area contributed by atoms with Gasteiger partial charge < -0.3 is 4.57 Å². The van der Waals surface area contributed by atoms with Gasteiger partial charge in [-0.2, -0.15) is 5.26 Å². The van der Waals surface area contributed by atoms with Gasteiger partial charge in [0, 0.05) is 18.0 Å². The van der Waals surface area contributed by atoms with E-state index in [1.807, 2.05) is 35.9 Å². The molecule has 15 heavy (non-hydrogen) atoms. The Hall–Kier alpha value is -2.08. The molecule has 0 N–H and O–H groups in total. The number of aryl methyl sites for hydroxylation is 1. The first-order valence-electron chi connectivity index (χ1n) is 4.76. The Bertz CT molecular complexity index is 506. The zero-order valence-electron chi connectivity index (χ0n) is 8.51. The minimum Gasteiger partial charge on any atom is -0.317 e. The van der Waals surface area contributed by atoms with Crippen LogP contribution in [0.25, 0.3) is 11.4 Å². The molecule has 0 amide bonds. The monoisotopic (exact) mass is 197 g/mol. The highest BCUT2D eigenvalue weighted by atomic mass is 15.1. The minimum atomic E-state index is 0.337. The first kappa shape index (κ1) is 9.47. The number of rotatable bonds is 2. The summed E-state index contributed by atoms with van der Waals surface area (Å²) in [6.45, 7) is 2.38. The fourth-order valence-corrected chi connectivity index (χ4v) is 1.56. The SMILES string of the molecule is Cc1cccc(-c2nccn2CC#N)c1. The number of hydrogen-bond donors (Lipinski definition) is 0. The zero-order valence-corrected chi connectivity index (χ0v) is 8.51. The Morgan fingerprint density at radius 3 is 3.07 bits per heavy atom. The lowest BCUT2D eigenvalue weighted by atomic mass is 10.1. The quantitative estimate of drug-likeness (QED) is 0.741. The van der Waals surface area contributed by atoms with Gasteiger partial charge in [-0.1, -0.05) is 23.8 Å². The third-order valence-corrected chi connectivity index (χ3v) is 2.23. The third kappa shape index (κ3) is 1.89. The number of aromatic nitrogens is 2. The van der Waals surface area contributed by atoms with Gasteiger partial charge in [0.05, 0.1) is 6.07 Å². The van der Waals surface area contributed by atoms with E-state index in [9.17, 15) is 0 Å². The zero-order chi connectivity index (χ0) is 10.7. The van der Waals surface area contributed by atoms with Gasteiger partial charge in [-0.25, -0.2) is 4.98 Å². The molecule has 0 saturated heterocycles. The molecule has 1 aromatic carbocycles. The van der Waals surface area contributed by atoms with Crippen LogP contribution in [-0.4, -0.2) is 9.55 Å². The summed E-state index contributed by atoms with van der Waals surface area (Å²) in [6.07, 6.45) is 3.54. The molecule has 0 atom stereocenters. The summed E-state index contributed by atoms with van der Waals surface area (Å²) in [5, 5.41) is 8.67. The lowest BCUT2D eigenvalue weighted by Crippen LogP contribution is -1.97. The predicted molar refractivity (Wildman–Crippen MR) is 58.0 cm³/mol. The molecular weight excluding hydrogens is 186 g/mol. The lowest BCUT2D eigenvalue weighted by molar-refractivity contribution is 0.840. The Labute approximate surface area is 88.6 Å². The summed E-state index contributed by atoms with van der Waals surface area (Å²) in [7, 11) is 0. The first-order chi connectivity index (χ1) is 7.31. The van der Waals surface area contributed by atoms with Crippen molar-refractivity contribution in [1.82, 2.24) is 9.55 Å². The van der Waals surface area contributed by atoms with Gasteiger partial charge in [-0.05, 0) is 13.0 Å². The van der Waals surface area contributed by atoms with Crippen molar-refractivity contribution in [1.29, 1.82) is 5.26 Å². The molecule has 0 aliphatic rings. The van der Waals surface area contributed by atoms with E-state index in [1.165, 1.54) is 5.56 Å². The van der Waals surface area contributed by atoms with Crippen molar-refractivity contribution in [3.63, 3.8) is 0 Å². The van der Waals surface area contributed by atoms with E-state index in [2.05, 4.69) is 17.1 Å². The molecule has 2 aromatic rings. The Morgan fingerprint density at radius 1 is 1.47 bits per heavy atom. The van der Waals surface area contributed by atoms with E-state index < -0.39 is 0 Å². The average Bonchev–Trinajstić information content (AvgIpc) is 2.66. The number of hydrogen-bond acceptors (Lipinski definition) is 2. The Kier molecular flexibility index (Phi) is 2.51. The molecule has 0 radical (unpaired) electrons. The van der Waals surface area contributed by atoms with E-state index in [4.69, 9.17) is 5.26 Å². The van der Waals surface area contributed by atoms with Gasteiger partial charge in [0.25, 0.3) is 0 Å². The molecule has 0 unspecified atom stereocenters. The summed E-state index contributed by atoms with van der Waals surface area (Å²) in [6, 6.07) is 10.2. The second-order valence-electron chi connectivity index (χ2n) is 3.41. The van der Waals surface area contributed by atoms with E-state index in [0.717, 1.165) is 11.4 Å². The molecule has 0 fully saturated rings. The summed E-state index contributed by atoms with van der Waals surface area (Å²) in [4.78, 5) is 4.26. The summed E-state index contributed by atoms with van der Waals surface area (Å²) < 4.78 is 1.84. The fraction of sp³-hybridized carbons (Fsp3) is 0.167. The van der Waals surface area contributed by atoms with Crippen LogP contribution in [-0.2, 0) is 6.54 Å². The second kappa shape index (κ2) is 3.97. The van der Waals surface area contributed by atoms with Crippen LogP contribution in [0.4, 0.5) is 0 Å². The topological polar surface area (TPSA) is 41.6 Å². The molecule has 2 rings (SSSR count). The maximum absolute atomic E-state index is 8.67. The molecule has 0 bridgehead atoms. The number of nitriles is 1. The van der Waals surface area contributed by atoms with Crippen molar-refractivity contribution in [3.8, 4) is 17.5 Å². The van der Waals surface area contributed by atoms with E-state index >= 15 is 0 Å². The number of nitrogens with zero attached hydrogens (tertiary/aromatic N) is 3. The molecular formula is C12H11N3. The highest BCUT2D eigenvalue weighted by molar-refractivity contribution is 5.56. The van der Waals surface area contributed by atoms with Crippen LogP contribution >= 0.6 is 0 Å². The summed E-state index contributed by atoms with van der Waals surface area (Å²) >= 11 is 0. The van der Waals surface area contributed by atoms with Crippen molar-refractivity contribution in [3.05, 3.63) is 42.2 Å². The smallest absolute Gasteiger partial charge is 0.140 e. The summed E-state index contributed by atoms with van der Waals surface area (Å²) in [5.74, 6) is 0.847. The van der Waals surface area contributed by atoms with Crippen LogP contribution in [0.3, 0.4) is 0 Å². The number of imidazole rings is 1. The van der Waals surface area contributed by atoms with Crippen molar-refractivity contribution in [2.45, 2.75) is 13.5 Å². The molecule has 1 heterocycles. The first-order valence-corrected chi connectivity index (χ1v) is 4.76. The molecule has 0 saturated carbocycles. The van der Waals surface area contributed by atoms with Gasteiger partial charge in [0.1, 0.15) is 12.4 Å². The van der Waals surface area contributed by atoms with Gasteiger partial charge in [-0.3, -0.25) is 0 Å². The van der Waals surface area contributed by atoms with Crippen molar-refractivity contribution >= 4 is 0 Å². The Balaban J connectivity index is 2.45. The highest BCUT2D eigenvalue weighted by Gasteiger charge is 2.04. The minimum absolute atomic E-state index is 0.337. The van der Waals surface area contributed by atoms with Crippen LogP contribution in [0.2, 0.25) is 0 Å². The van der Waals surface area contributed by atoms with Crippen molar-refractivity contribution in [2.75, 3.05) is 0 Å². The molecule has 0 aliphatic carbocycles. The molecule has 3 nitrogen and oxygen atoms in total. The Morgan fingerprint density at radius 2 is 2.33 bits per heavy atom.